The number of rotatable bonds is 9. The molecule has 1 saturated heterocycles. The van der Waals surface area contributed by atoms with Crippen LogP contribution in [0.3, 0.4) is 0 Å². The van der Waals surface area contributed by atoms with Crippen LogP contribution < -0.4 is 10.6 Å². The number of piperazine rings is 1. The topological polar surface area (TPSA) is 64.7 Å². The van der Waals surface area contributed by atoms with Gasteiger partial charge in [-0.1, -0.05) is 49.6 Å². The molecule has 0 spiro atoms. The molecular weight excluding hydrogens is 376 g/mol. The van der Waals surface area contributed by atoms with Crippen molar-refractivity contribution >= 4 is 11.8 Å². The molecule has 0 radical (unpaired) electrons. The number of carbonyl (C=O) groups excluding carboxylic acids is 2. The van der Waals surface area contributed by atoms with E-state index in [0.717, 1.165) is 58.3 Å². The van der Waals surface area contributed by atoms with Crippen LogP contribution >= 0.6 is 0 Å². The molecule has 2 aliphatic rings. The summed E-state index contributed by atoms with van der Waals surface area (Å²) >= 11 is 0. The molecule has 3 rings (SSSR count). The SMILES string of the molecule is CN1CCN(CCCNC(=O)CCNC(=O)C2CCCCC2)C(c2ccccc2)C1. The van der Waals surface area contributed by atoms with Gasteiger partial charge in [-0.15, -0.1) is 0 Å². The van der Waals surface area contributed by atoms with E-state index in [2.05, 4.69) is 57.8 Å². The number of hydrogen-bond donors (Lipinski definition) is 2. The molecule has 166 valence electrons. The van der Waals surface area contributed by atoms with Gasteiger partial charge in [-0.2, -0.15) is 0 Å². The van der Waals surface area contributed by atoms with Crippen molar-refractivity contribution in [1.29, 1.82) is 0 Å². The van der Waals surface area contributed by atoms with E-state index in [0.29, 0.717) is 25.6 Å². The van der Waals surface area contributed by atoms with Crippen molar-refractivity contribution in [2.24, 2.45) is 5.92 Å². The number of benzene rings is 1. The molecule has 1 aliphatic heterocycles. The first-order chi connectivity index (χ1) is 14.6. The van der Waals surface area contributed by atoms with Gasteiger partial charge in [-0.3, -0.25) is 14.5 Å². The number of carbonyl (C=O) groups is 2. The van der Waals surface area contributed by atoms with Crippen molar-refractivity contribution in [3.05, 3.63) is 35.9 Å². The number of hydrogen-bond acceptors (Lipinski definition) is 4. The fraction of sp³-hybridized carbons (Fsp3) is 0.667. The number of nitrogens with one attached hydrogen (secondary N) is 2. The minimum Gasteiger partial charge on any atom is -0.356 e. The highest BCUT2D eigenvalue weighted by molar-refractivity contribution is 5.80. The van der Waals surface area contributed by atoms with Crippen LogP contribution in [0.1, 0.15) is 56.6 Å². The lowest BCUT2D eigenvalue weighted by atomic mass is 9.89. The van der Waals surface area contributed by atoms with E-state index in [1.54, 1.807) is 0 Å². The molecule has 2 fully saturated rings. The van der Waals surface area contributed by atoms with Crippen molar-refractivity contribution in [2.45, 2.75) is 51.0 Å². The van der Waals surface area contributed by atoms with Gasteiger partial charge in [0.05, 0.1) is 0 Å². The van der Waals surface area contributed by atoms with Gasteiger partial charge in [0.25, 0.3) is 0 Å². The summed E-state index contributed by atoms with van der Waals surface area (Å²) in [5.74, 6) is 0.310. The first-order valence-electron chi connectivity index (χ1n) is 11.7. The maximum atomic E-state index is 12.1. The third kappa shape index (κ3) is 7.10. The predicted octanol–water partition coefficient (Wildman–Crippen LogP) is 2.57. The zero-order valence-electron chi connectivity index (χ0n) is 18.4. The van der Waals surface area contributed by atoms with Crippen molar-refractivity contribution in [3.63, 3.8) is 0 Å². The predicted molar refractivity (Wildman–Crippen MR) is 120 cm³/mol. The van der Waals surface area contributed by atoms with Gasteiger partial charge < -0.3 is 15.5 Å². The lowest BCUT2D eigenvalue weighted by molar-refractivity contribution is -0.126. The van der Waals surface area contributed by atoms with Crippen LogP contribution in [0, 0.1) is 5.92 Å². The van der Waals surface area contributed by atoms with Crippen LogP contribution in [0.5, 0.6) is 0 Å². The summed E-state index contributed by atoms with van der Waals surface area (Å²) in [5.41, 5.74) is 1.36. The van der Waals surface area contributed by atoms with Gasteiger partial charge in [-0.25, -0.2) is 0 Å². The van der Waals surface area contributed by atoms with Gasteiger partial charge in [0.15, 0.2) is 0 Å². The zero-order valence-corrected chi connectivity index (χ0v) is 18.4. The average Bonchev–Trinajstić information content (AvgIpc) is 2.78. The summed E-state index contributed by atoms with van der Waals surface area (Å²) < 4.78 is 0. The van der Waals surface area contributed by atoms with Crippen LogP contribution in [0.4, 0.5) is 0 Å². The highest BCUT2D eigenvalue weighted by atomic mass is 16.2. The van der Waals surface area contributed by atoms with Gasteiger partial charge in [0.1, 0.15) is 0 Å². The van der Waals surface area contributed by atoms with Gasteiger partial charge >= 0.3 is 0 Å². The van der Waals surface area contributed by atoms with Crippen molar-refractivity contribution in [2.75, 3.05) is 46.3 Å². The molecule has 1 saturated carbocycles. The Kier molecular flexibility index (Phi) is 9.15. The Bertz CT molecular complexity index is 660. The third-order valence-corrected chi connectivity index (χ3v) is 6.45. The third-order valence-electron chi connectivity index (χ3n) is 6.45. The molecule has 1 unspecified atom stereocenters. The Morgan fingerprint density at radius 3 is 2.53 bits per heavy atom. The van der Waals surface area contributed by atoms with Crippen molar-refractivity contribution in [3.8, 4) is 0 Å². The summed E-state index contributed by atoms with van der Waals surface area (Å²) in [5, 5.41) is 5.95. The van der Waals surface area contributed by atoms with Crippen molar-refractivity contribution < 1.29 is 9.59 Å². The summed E-state index contributed by atoms with van der Waals surface area (Å²) in [6.07, 6.45) is 6.83. The quantitative estimate of drug-likeness (QED) is 0.610. The van der Waals surface area contributed by atoms with E-state index in [1.165, 1.54) is 12.0 Å². The maximum Gasteiger partial charge on any atom is 0.223 e. The number of nitrogens with zero attached hydrogens (tertiary/aromatic N) is 2. The molecule has 2 N–H and O–H groups in total. The second-order valence-electron chi connectivity index (χ2n) is 8.80. The lowest BCUT2D eigenvalue weighted by Crippen LogP contribution is -2.47. The van der Waals surface area contributed by atoms with Crippen LogP contribution in [0.15, 0.2) is 30.3 Å². The highest BCUT2D eigenvalue weighted by Gasteiger charge is 2.26. The highest BCUT2D eigenvalue weighted by Crippen LogP contribution is 2.25. The van der Waals surface area contributed by atoms with E-state index in [4.69, 9.17) is 0 Å². The first-order valence-corrected chi connectivity index (χ1v) is 11.7. The molecule has 30 heavy (non-hydrogen) atoms. The zero-order chi connectivity index (χ0) is 21.2. The fourth-order valence-corrected chi connectivity index (χ4v) is 4.62. The molecule has 1 heterocycles. The maximum absolute atomic E-state index is 12.1. The smallest absolute Gasteiger partial charge is 0.223 e. The molecule has 2 amide bonds. The fourth-order valence-electron chi connectivity index (χ4n) is 4.62. The Balaban J connectivity index is 1.31. The molecule has 6 nitrogen and oxygen atoms in total. The summed E-state index contributed by atoms with van der Waals surface area (Å²) in [6, 6.07) is 11.1. The van der Waals surface area contributed by atoms with Crippen LogP contribution in [-0.4, -0.2) is 67.9 Å². The van der Waals surface area contributed by atoms with Gasteiger partial charge in [-0.05, 0) is 31.9 Å². The second kappa shape index (κ2) is 12.1. The second-order valence-corrected chi connectivity index (χ2v) is 8.80. The summed E-state index contributed by atoms with van der Waals surface area (Å²) in [6.45, 7) is 5.27. The molecule has 1 aromatic carbocycles. The number of likely N-dealkylation sites (N-methyl/N-ethyl adjacent to an activating group) is 1. The van der Waals surface area contributed by atoms with E-state index in [1.807, 2.05) is 0 Å². The molecule has 0 aromatic heterocycles. The molecule has 1 atom stereocenters. The lowest BCUT2D eigenvalue weighted by Gasteiger charge is -2.40. The molecule has 6 heteroatoms. The van der Waals surface area contributed by atoms with Crippen LogP contribution in [-0.2, 0) is 9.59 Å². The molecular formula is C24H38N4O2. The minimum atomic E-state index is 0.0249. The minimum absolute atomic E-state index is 0.0249. The summed E-state index contributed by atoms with van der Waals surface area (Å²) in [7, 11) is 2.18. The van der Waals surface area contributed by atoms with E-state index >= 15 is 0 Å². The van der Waals surface area contributed by atoms with Crippen LogP contribution in [0.2, 0.25) is 0 Å². The molecule has 1 aromatic rings. The van der Waals surface area contributed by atoms with E-state index in [9.17, 15) is 9.59 Å². The van der Waals surface area contributed by atoms with Crippen LogP contribution in [0.25, 0.3) is 0 Å². The Hall–Kier alpha value is -1.92. The molecule has 1 aliphatic carbocycles. The Labute approximate surface area is 181 Å². The van der Waals surface area contributed by atoms with E-state index in [-0.39, 0.29) is 17.7 Å². The normalized spacial score (nSPS) is 21.3. The van der Waals surface area contributed by atoms with Crippen molar-refractivity contribution in [1.82, 2.24) is 20.4 Å². The summed E-state index contributed by atoms with van der Waals surface area (Å²) in [4.78, 5) is 29.2. The Morgan fingerprint density at radius 2 is 1.77 bits per heavy atom. The average molecular weight is 415 g/mol. The van der Waals surface area contributed by atoms with Gasteiger partial charge in [0.2, 0.25) is 11.8 Å². The Morgan fingerprint density at radius 1 is 1.00 bits per heavy atom. The van der Waals surface area contributed by atoms with E-state index < -0.39 is 0 Å². The largest absolute Gasteiger partial charge is 0.356 e. The van der Waals surface area contributed by atoms with Gasteiger partial charge in [0, 0.05) is 57.6 Å². The first kappa shape index (κ1) is 22.8. The number of amides is 2. The molecule has 0 bridgehead atoms. The monoisotopic (exact) mass is 414 g/mol. The standard InChI is InChI=1S/C24H38N4O2/c1-27-17-18-28(22(19-27)20-9-4-2-5-10-20)16-8-14-25-23(29)13-15-26-24(30)21-11-6-3-7-12-21/h2,4-5,9-10,21-22H,3,6-8,11-19H2,1H3,(H,25,29)(H,26,30).